The lowest BCUT2D eigenvalue weighted by Gasteiger charge is -2.20. The Kier molecular flexibility index (Phi) is 4.62. The second-order valence-corrected chi connectivity index (χ2v) is 5.60. The molecule has 1 aromatic carbocycles. The van der Waals surface area contributed by atoms with Gasteiger partial charge in [-0.15, -0.1) is 0 Å². The molecule has 0 spiro atoms. The number of Topliss-reactive ketones (excluding diaryl/α,β-unsaturated/α-hetero) is 1. The Morgan fingerprint density at radius 1 is 1.21 bits per heavy atom. The van der Waals surface area contributed by atoms with Gasteiger partial charge in [-0.25, -0.2) is 0 Å². The molecular formula is C19H20N2O3. The van der Waals surface area contributed by atoms with Crippen molar-refractivity contribution in [3.63, 3.8) is 0 Å². The minimum atomic E-state index is -0.184. The van der Waals surface area contributed by atoms with Gasteiger partial charge in [0.25, 0.3) is 0 Å². The molecule has 3 rings (SSSR count). The zero-order valence-electron chi connectivity index (χ0n) is 13.8. The van der Waals surface area contributed by atoms with Crippen LogP contribution in [0.4, 0.5) is 0 Å². The van der Waals surface area contributed by atoms with Crippen molar-refractivity contribution in [3.8, 4) is 11.5 Å². The van der Waals surface area contributed by atoms with Gasteiger partial charge in [-0.1, -0.05) is 19.9 Å². The summed E-state index contributed by atoms with van der Waals surface area (Å²) in [5.41, 5.74) is 1.79. The Morgan fingerprint density at radius 3 is 2.67 bits per heavy atom. The number of hydrogen-bond acceptors (Lipinski definition) is 5. The molecule has 124 valence electrons. The van der Waals surface area contributed by atoms with E-state index in [1.165, 1.54) is 0 Å². The van der Waals surface area contributed by atoms with Gasteiger partial charge in [-0.2, -0.15) is 0 Å². The smallest absolute Gasteiger partial charge is 0.232 e. The van der Waals surface area contributed by atoms with E-state index in [-0.39, 0.29) is 17.3 Å². The van der Waals surface area contributed by atoms with E-state index in [2.05, 4.69) is 23.7 Å². The highest BCUT2D eigenvalue weighted by Gasteiger charge is 2.31. The average Bonchev–Trinajstić information content (AvgIpc) is 2.91. The number of aromatic nitrogens is 1. The molecule has 1 aliphatic rings. The quantitative estimate of drug-likeness (QED) is 0.856. The van der Waals surface area contributed by atoms with Gasteiger partial charge in [0.15, 0.2) is 5.76 Å². The first-order valence-corrected chi connectivity index (χ1v) is 8.06. The highest BCUT2D eigenvalue weighted by Crippen LogP contribution is 2.40. The van der Waals surface area contributed by atoms with E-state index in [0.29, 0.717) is 29.1 Å². The van der Waals surface area contributed by atoms with Crippen LogP contribution in [-0.4, -0.2) is 33.9 Å². The summed E-state index contributed by atoms with van der Waals surface area (Å²) in [5, 5.41) is 10.2. The van der Waals surface area contributed by atoms with E-state index in [9.17, 15) is 9.90 Å². The third-order valence-corrected chi connectivity index (χ3v) is 4.16. The van der Waals surface area contributed by atoms with Crippen molar-refractivity contribution in [1.29, 1.82) is 0 Å². The first-order valence-electron chi connectivity index (χ1n) is 8.06. The summed E-state index contributed by atoms with van der Waals surface area (Å²) in [6.07, 6.45) is 3.29. The Balaban J connectivity index is 1.98. The van der Waals surface area contributed by atoms with E-state index in [4.69, 9.17) is 4.74 Å². The number of phenolic OH excluding ortho intramolecular Hbond substituents is 1. The van der Waals surface area contributed by atoms with Crippen LogP contribution in [0.15, 0.2) is 42.3 Å². The number of fused-ring (bicyclic) bond motifs is 1. The first-order chi connectivity index (χ1) is 11.6. The molecule has 0 bridgehead atoms. The van der Waals surface area contributed by atoms with E-state index in [0.717, 1.165) is 13.1 Å². The Morgan fingerprint density at radius 2 is 2.00 bits per heavy atom. The lowest BCUT2D eigenvalue weighted by atomic mass is 10.0. The lowest BCUT2D eigenvalue weighted by molar-refractivity contribution is 0.101. The van der Waals surface area contributed by atoms with E-state index in [1.54, 1.807) is 30.5 Å². The molecule has 0 unspecified atom stereocenters. The molecule has 5 nitrogen and oxygen atoms in total. The third kappa shape index (κ3) is 3.03. The van der Waals surface area contributed by atoms with Gasteiger partial charge in [0, 0.05) is 18.8 Å². The normalized spacial score (nSPS) is 15.0. The summed E-state index contributed by atoms with van der Waals surface area (Å²) in [5.74, 6) is 0.646. The van der Waals surface area contributed by atoms with Gasteiger partial charge in [0.05, 0.1) is 16.8 Å². The maximum atomic E-state index is 12.6. The van der Waals surface area contributed by atoms with Crippen molar-refractivity contribution in [2.45, 2.75) is 20.4 Å². The van der Waals surface area contributed by atoms with Crippen molar-refractivity contribution in [2.75, 3.05) is 13.1 Å². The molecule has 2 aromatic rings. The molecule has 0 amide bonds. The Bertz CT molecular complexity index is 781. The zero-order valence-corrected chi connectivity index (χ0v) is 13.8. The molecule has 0 saturated carbocycles. The summed E-state index contributed by atoms with van der Waals surface area (Å²) in [6, 6.07) is 8.64. The molecule has 1 aromatic heterocycles. The molecule has 0 saturated heterocycles. The summed E-state index contributed by atoms with van der Waals surface area (Å²) in [4.78, 5) is 18.9. The number of allylic oxidation sites excluding steroid dienone is 1. The van der Waals surface area contributed by atoms with Crippen LogP contribution in [0.5, 0.6) is 11.5 Å². The van der Waals surface area contributed by atoms with Crippen molar-refractivity contribution < 1.29 is 14.6 Å². The molecule has 1 aliphatic heterocycles. The second-order valence-electron chi connectivity index (χ2n) is 5.60. The minimum absolute atomic E-state index is 0.146. The molecule has 0 aliphatic carbocycles. The van der Waals surface area contributed by atoms with E-state index >= 15 is 0 Å². The highest BCUT2D eigenvalue weighted by atomic mass is 16.5. The first kappa shape index (κ1) is 16.2. The molecule has 5 heteroatoms. The molecule has 0 radical (unpaired) electrons. The molecule has 0 atom stereocenters. The fraction of sp³-hybridized carbons (Fsp3) is 0.263. The van der Waals surface area contributed by atoms with Crippen molar-refractivity contribution >= 4 is 11.9 Å². The van der Waals surface area contributed by atoms with Crippen LogP contribution in [0.25, 0.3) is 6.08 Å². The number of carbonyl (C=O) groups is 1. The number of aromatic hydroxyl groups is 1. The highest BCUT2D eigenvalue weighted by molar-refractivity contribution is 6.14. The number of phenols is 1. The maximum Gasteiger partial charge on any atom is 0.232 e. The van der Waals surface area contributed by atoms with Crippen molar-refractivity contribution in [1.82, 2.24) is 9.88 Å². The van der Waals surface area contributed by atoms with Crippen LogP contribution in [0, 0.1) is 0 Å². The largest absolute Gasteiger partial charge is 0.507 e. The molecular weight excluding hydrogens is 304 g/mol. The zero-order chi connectivity index (χ0) is 17.1. The number of ether oxygens (including phenoxy) is 1. The summed E-state index contributed by atoms with van der Waals surface area (Å²) >= 11 is 0. The van der Waals surface area contributed by atoms with Crippen LogP contribution in [0.3, 0.4) is 0 Å². The number of nitrogens with zero attached hydrogens (tertiary/aromatic N) is 2. The SMILES string of the molecule is CCN(CC)Cc1c(O)ccc2c1O/C(=C\c1ccccn1)C2=O. The predicted octanol–water partition coefficient (Wildman–Crippen LogP) is 3.25. The topological polar surface area (TPSA) is 62.7 Å². The number of rotatable bonds is 5. The van der Waals surface area contributed by atoms with Crippen LogP contribution in [0.1, 0.15) is 35.5 Å². The number of ketones is 1. The van der Waals surface area contributed by atoms with Gasteiger partial charge >= 0.3 is 0 Å². The van der Waals surface area contributed by atoms with Crippen LogP contribution in [0.2, 0.25) is 0 Å². The fourth-order valence-corrected chi connectivity index (χ4v) is 2.72. The van der Waals surface area contributed by atoms with Gasteiger partial charge in [-0.3, -0.25) is 14.7 Å². The standard InChI is InChI=1S/C19H20N2O3/c1-3-21(4-2)12-15-16(22)9-8-14-18(23)17(24-19(14)15)11-13-7-5-6-10-20-13/h5-11,22H,3-4,12H2,1-2H3/b17-11-. The summed E-state index contributed by atoms with van der Waals surface area (Å²) < 4.78 is 5.81. The predicted molar refractivity (Wildman–Crippen MR) is 91.9 cm³/mol. The van der Waals surface area contributed by atoms with E-state index in [1.807, 2.05) is 12.1 Å². The summed E-state index contributed by atoms with van der Waals surface area (Å²) in [7, 11) is 0. The van der Waals surface area contributed by atoms with Crippen LogP contribution < -0.4 is 4.74 Å². The third-order valence-electron chi connectivity index (χ3n) is 4.16. The van der Waals surface area contributed by atoms with Gasteiger partial charge in [-0.05, 0) is 37.4 Å². The molecule has 0 fully saturated rings. The fourth-order valence-electron chi connectivity index (χ4n) is 2.72. The summed E-state index contributed by atoms with van der Waals surface area (Å²) in [6.45, 7) is 6.35. The lowest BCUT2D eigenvalue weighted by Crippen LogP contribution is -2.22. The number of benzene rings is 1. The Hall–Kier alpha value is -2.66. The van der Waals surface area contributed by atoms with Crippen molar-refractivity contribution in [3.05, 3.63) is 59.1 Å². The van der Waals surface area contributed by atoms with Crippen molar-refractivity contribution in [2.24, 2.45) is 0 Å². The minimum Gasteiger partial charge on any atom is -0.507 e. The number of pyridine rings is 1. The maximum absolute atomic E-state index is 12.6. The van der Waals surface area contributed by atoms with Gasteiger partial charge in [0.2, 0.25) is 5.78 Å². The average molecular weight is 324 g/mol. The van der Waals surface area contributed by atoms with Crippen LogP contribution >= 0.6 is 0 Å². The van der Waals surface area contributed by atoms with Gasteiger partial charge < -0.3 is 9.84 Å². The molecule has 24 heavy (non-hydrogen) atoms. The van der Waals surface area contributed by atoms with Crippen LogP contribution in [-0.2, 0) is 6.54 Å². The monoisotopic (exact) mass is 324 g/mol. The number of carbonyl (C=O) groups excluding carboxylic acids is 1. The second kappa shape index (κ2) is 6.84. The Labute approximate surface area is 141 Å². The molecule has 1 N–H and O–H groups in total. The van der Waals surface area contributed by atoms with E-state index < -0.39 is 0 Å². The molecule has 2 heterocycles. The van der Waals surface area contributed by atoms with Gasteiger partial charge in [0.1, 0.15) is 11.5 Å². The number of hydrogen-bond donors (Lipinski definition) is 1.